The Morgan fingerprint density at radius 3 is 2.57 bits per heavy atom. The van der Waals surface area contributed by atoms with Crippen LogP contribution >= 0.6 is 15.9 Å². The number of methoxy groups -OCH3 is 1. The van der Waals surface area contributed by atoms with Gasteiger partial charge in [0.1, 0.15) is 4.60 Å². The number of imidazole rings is 1. The molecule has 78 valence electrons. The van der Waals surface area contributed by atoms with Gasteiger partial charge in [0.25, 0.3) is 0 Å². The van der Waals surface area contributed by atoms with Gasteiger partial charge in [0.15, 0.2) is 5.69 Å². The number of aromatic nitrogens is 2. The van der Waals surface area contributed by atoms with Gasteiger partial charge in [0.05, 0.1) is 13.4 Å². The first-order valence-electron chi connectivity index (χ1n) is 4.19. The molecule has 4 nitrogen and oxygen atoms in total. The molecule has 0 saturated heterocycles. The predicted octanol–water partition coefficient (Wildman–Crippen LogP) is 2.19. The number of halogens is 1. The zero-order chi connectivity index (χ0) is 10.9. The summed E-state index contributed by atoms with van der Waals surface area (Å²) in [4.78, 5) is 15.5. The zero-order valence-corrected chi connectivity index (χ0v) is 10.3. The monoisotopic (exact) mass is 260 g/mol. The van der Waals surface area contributed by atoms with E-state index in [0.717, 1.165) is 0 Å². The molecule has 0 unspecified atom stereocenters. The van der Waals surface area contributed by atoms with Crippen molar-refractivity contribution in [3.63, 3.8) is 0 Å². The molecule has 5 heteroatoms. The van der Waals surface area contributed by atoms with Crippen LogP contribution in [0.15, 0.2) is 10.9 Å². The minimum atomic E-state index is -0.385. The lowest BCUT2D eigenvalue weighted by atomic mass is 10.1. The van der Waals surface area contributed by atoms with E-state index in [-0.39, 0.29) is 11.5 Å². The summed E-state index contributed by atoms with van der Waals surface area (Å²) in [5.74, 6) is -0.385. The Labute approximate surface area is 91.4 Å². The largest absolute Gasteiger partial charge is 0.464 e. The molecule has 0 fully saturated rings. The van der Waals surface area contributed by atoms with Crippen LogP contribution in [0.2, 0.25) is 0 Å². The second-order valence-corrected chi connectivity index (χ2v) is 4.67. The molecular formula is C9H13BrN2O2. The lowest BCUT2D eigenvalue weighted by Crippen LogP contribution is -2.25. The average Bonchev–Trinajstić information content (AvgIpc) is 2.45. The second-order valence-electron chi connectivity index (χ2n) is 3.92. The molecule has 0 bridgehead atoms. The predicted molar refractivity (Wildman–Crippen MR) is 56.3 cm³/mol. The minimum Gasteiger partial charge on any atom is -0.464 e. The van der Waals surface area contributed by atoms with Crippen LogP contribution in [0.1, 0.15) is 31.3 Å². The Morgan fingerprint density at radius 2 is 2.14 bits per heavy atom. The van der Waals surface area contributed by atoms with Crippen molar-refractivity contribution in [2.45, 2.75) is 26.3 Å². The molecular weight excluding hydrogens is 248 g/mol. The molecule has 0 aliphatic rings. The number of nitrogens with zero attached hydrogens (tertiary/aromatic N) is 2. The average molecular weight is 261 g/mol. The number of hydrogen-bond donors (Lipinski definition) is 0. The van der Waals surface area contributed by atoms with Crippen LogP contribution in [0.3, 0.4) is 0 Å². The number of hydrogen-bond acceptors (Lipinski definition) is 3. The summed E-state index contributed by atoms with van der Waals surface area (Å²) in [7, 11) is 1.36. The van der Waals surface area contributed by atoms with E-state index in [1.165, 1.54) is 7.11 Å². The minimum absolute atomic E-state index is 0.192. The van der Waals surface area contributed by atoms with Crippen LogP contribution in [0.4, 0.5) is 0 Å². The van der Waals surface area contributed by atoms with Gasteiger partial charge in [-0.15, -0.1) is 0 Å². The van der Waals surface area contributed by atoms with Gasteiger partial charge in [-0.3, -0.25) is 0 Å². The van der Waals surface area contributed by atoms with Crippen molar-refractivity contribution in [3.8, 4) is 0 Å². The summed E-state index contributed by atoms with van der Waals surface area (Å²) in [5.41, 5.74) is 0.253. The van der Waals surface area contributed by atoms with E-state index < -0.39 is 0 Å². The van der Waals surface area contributed by atoms with Crippen molar-refractivity contribution < 1.29 is 9.53 Å². The lowest BCUT2D eigenvalue weighted by Gasteiger charge is -2.22. The van der Waals surface area contributed by atoms with Gasteiger partial charge in [-0.25, -0.2) is 9.78 Å². The maximum atomic E-state index is 11.4. The van der Waals surface area contributed by atoms with E-state index in [1.807, 2.05) is 20.8 Å². The summed E-state index contributed by atoms with van der Waals surface area (Å²) >= 11 is 3.22. The van der Waals surface area contributed by atoms with Crippen LogP contribution in [-0.4, -0.2) is 22.6 Å². The van der Waals surface area contributed by atoms with Crippen molar-refractivity contribution >= 4 is 21.9 Å². The number of esters is 1. The number of carbonyl (C=O) groups is 1. The van der Waals surface area contributed by atoms with Gasteiger partial charge in [0, 0.05) is 5.54 Å². The standard InChI is InChI=1S/C9H13BrN2O2/c1-9(2,3)12-5-11-7(10)6(12)8(13)14-4/h5H,1-4H3. The van der Waals surface area contributed by atoms with E-state index in [2.05, 4.69) is 25.7 Å². The molecule has 0 N–H and O–H groups in total. The fraction of sp³-hybridized carbons (Fsp3) is 0.556. The first kappa shape index (κ1) is 11.2. The van der Waals surface area contributed by atoms with Crippen LogP contribution in [0.5, 0.6) is 0 Å². The molecule has 0 saturated carbocycles. The van der Waals surface area contributed by atoms with Crippen LogP contribution in [-0.2, 0) is 10.3 Å². The molecule has 0 aliphatic carbocycles. The van der Waals surface area contributed by atoms with Crippen molar-refractivity contribution in [2.24, 2.45) is 0 Å². The Kier molecular flexibility index (Phi) is 2.99. The van der Waals surface area contributed by atoms with Gasteiger partial charge >= 0.3 is 5.97 Å². The summed E-state index contributed by atoms with van der Waals surface area (Å²) in [6, 6.07) is 0. The van der Waals surface area contributed by atoms with Crippen molar-refractivity contribution in [3.05, 3.63) is 16.6 Å². The first-order chi connectivity index (χ1) is 6.38. The van der Waals surface area contributed by atoms with Gasteiger partial charge in [-0.1, -0.05) is 0 Å². The van der Waals surface area contributed by atoms with Crippen molar-refractivity contribution in [2.75, 3.05) is 7.11 Å². The molecule has 0 aromatic carbocycles. The molecule has 1 aromatic heterocycles. The van der Waals surface area contributed by atoms with E-state index in [1.54, 1.807) is 10.9 Å². The SMILES string of the molecule is COC(=O)c1c(Br)ncn1C(C)(C)C. The van der Waals surface area contributed by atoms with Crippen molar-refractivity contribution in [1.29, 1.82) is 0 Å². The molecule has 0 spiro atoms. The topological polar surface area (TPSA) is 44.1 Å². The molecule has 1 aromatic rings. The van der Waals surface area contributed by atoms with Crippen molar-refractivity contribution in [1.82, 2.24) is 9.55 Å². The van der Waals surface area contributed by atoms with Gasteiger partial charge in [-0.05, 0) is 36.7 Å². The van der Waals surface area contributed by atoms with Gasteiger partial charge in [-0.2, -0.15) is 0 Å². The van der Waals surface area contributed by atoms with E-state index >= 15 is 0 Å². The molecule has 0 radical (unpaired) electrons. The van der Waals surface area contributed by atoms with Gasteiger partial charge < -0.3 is 9.30 Å². The zero-order valence-electron chi connectivity index (χ0n) is 8.67. The van der Waals surface area contributed by atoms with E-state index in [0.29, 0.717) is 10.3 Å². The molecule has 1 rings (SSSR count). The first-order valence-corrected chi connectivity index (χ1v) is 4.99. The number of rotatable bonds is 1. The summed E-state index contributed by atoms with van der Waals surface area (Å²) in [5, 5.41) is 0. The smallest absolute Gasteiger partial charge is 0.357 e. The summed E-state index contributed by atoms with van der Waals surface area (Å²) < 4.78 is 6.98. The second kappa shape index (κ2) is 3.73. The third-order valence-corrected chi connectivity index (χ3v) is 2.40. The number of ether oxygens (including phenoxy) is 1. The normalized spacial score (nSPS) is 11.5. The quantitative estimate of drug-likeness (QED) is 0.728. The Bertz CT molecular complexity index is 352. The molecule has 0 aliphatic heterocycles. The van der Waals surface area contributed by atoms with E-state index in [9.17, 15) is 4.79 Å². The summed E-state index contributed by atoms with van der Waals surface area (Å²) in [6.45, 7) is 5.98. The van der Waals surface area contributed by atoms with E-state index in [4.69, 9.17) is 0 Å². The molecule has 14 heavy (non-hydrogen) atoms. The highest BCUT2D eigenvalue weighted by Gasteiger charge is 2.24. The summed E-state index contributed by atoms with van der Waals surface area (Å²) in [6.07, 6.45) is 1.62. The number of carbonyl (C=O) groups excluding carboxylic acids is 1. The third-order valence-electron chi connectivity index (χ3n) is 1.82. The molecule has 1 heterocycles. The fourth-order valence-corrected chi connectivity index (χ4v) is 1.56. The Morgan fingerprint density at radius 1 is 1.57 bits per heavy atom. The van der Waals surface area contributed by atoms with Crippen LogP contribution < -0.4 is 0 Å². The van der Waals surface area contributed by atoms with Crippen LogP contribution in [0, 0.1) is 0 Å². The maximum Gasteiger partial charge on any atom is 0.357 e. The Hall–Kier alpha value is -0.840. The fourth-order valence-electron chi connectivity index (χ4n) is 1.11. The maximum absolute atomic E-state index is 11.4. The molecule has 0 amide bonds. The molecule has 0 atom stereocenters. The Balaban J connectivity index is 3.26. The highest BCUT2D eigenvalue weighted by Crippen LogP contribution is 2.23. The van der Waals surface area contributed by atoms with Crippen LogP contribution in [0.25, 0.3) is 0 Å². The van der Waals surface area contributed by atoms with Gasteiger partial charge in [0.2, 0.25) is 0 Å². The highest BCUT2D eigenvalue weighted by atomic mass is 79.9. The highest BCUT2D eigenvalue weighted by molar-refractivity contribution is 9.10. The third kappa shape index (κ3) is 1.97. The lowest BCUT2D eigenvalue weighted by molar-refractivity contribution is 0.0580.